The fraction of sp³-hybridized carbons (Fsp3) is 0.429. The van der Waals surface area contributed by atoms with Crippen LogP contribution in [0.2, 0.25) is 0 Å². The third kappa shape index (κ3) is 3.30. The molecule has 0 spiro atoms. The molecule has 0 aliphatic carbocycles. The number of carbonyl (C=O) groups is 2. The Morgan fingerprint density at radius 3 is 2.30 bits per heavy atom. The zero-order valence-electron chi connectivity index (χ0n) is 11.6. The summed E-state index contributed by atoms with van der Waals surface area (Å²) in [6.07, 6.45) is 0.258. The van der Waals surface area contributed by atoms with E-state index >= 15 is 0 Å². The first-order valence-corrected chi connectivity index (χ1v) is 6.93. The van der Waals surface area contributed by atoms with E-state index in [1.807, 2.05) is 6.92 Å². The highest BCUT2D eigenvalue weighted by molar-refractivity contribution is 9.10. The lowest BCUT2D eigenvalue weighted by Gasteiger charge is -2.23. The molecule has 0 radical (unpaired) electrons. The van der Waals surface area contributed by atoms with Gasteiger partial charge in [-0.05, 0) is 31.0 Å². The molecule has 5 nitrogen and oxygen atoms in total. The maximum atomic E-state index is 12.1. The molecule has 0 heterocycles. The van der Waals surface area contributed by atoms with Gasteiger partial charge < -0.3 is 14.6 Å². The van der Waals surface area contributed by atoms with Gasteiger partial charge in [-0.2, -0.15) is 0 Å². The summed E-state index contributed by atoms with van der Waals surface area (Å²) in [6.45, 7) is 3.56. The van der Waals surface area contributed by atoms with Gasteiger partial charge in [0.1, 0.15) is 5.75 Å². The van der Waals surface area contributed by atoms with Crippen LogP contribution in [-0.4, -0.2) is 30.3 Å². The first-order valence-electron chi connectivity index (χ1n) is 6.14. The van der Waals surface area contributed by atoms with Crippen LogP contribution in [0, 0.1) is 0 Å². The monoisotopic (exact) mass is 344 g/mol. The molecule has 20 heavy (non-hydrogen) atoms. The average molecular weight is 345 g/mol. The number of alkyl halides is 1. The lowest BCUT2D eigenvalue weighted by molar-refractivity contribution is -0.159. The molecular weight excluding hydrogens is 328 g/mol. The van der Waals surface area contributed by atoms with Crippen molar-refractivity contribution in [3.8, 4) is 5.75 Å². The second-order valence-electron chi connectivity index (χ2n) is 4.32. The van der Waals surface area contributed by atoms with E-state index in [4.69, 9.17) is 9.47 Å². The minimum absolute atomic E-state index is 0.277. The van der Waals surface area contributed by atoms with E-state index in [0.29, 0.717) is 12.2 Å². The van der Waals surface area contributed by atoms with E-state index in [0.717, 1.165) is 0 Å². The number of carboxylic acid groups (broad SMARTS) is 1. The maximum absolute atomic E-state index is 12.1. The first kappa shape index (κ1) is 16.5. The van der Waals surface area contributed by atoms with E-state index in [1.165, 1.54) is 19.2 Å². The highest BCUT2D eigenvalue weighted by atomic mass is 79.9. The van der Waals surface area contributed by atoms with Crippen LogP contribution in [0.1, 0.15) is 25.8 Å². The SMILES string of the molecule is CCC(C)OC(=O)C(Br)(C(=O)O)c1ccc(OC)cc1. The van der Waals surface area contributed by atoms with Crippen LogP contribution in [0.4, 0.5) is 0 Å². The zero-order valence-corrected chi connectivity index (χ0v) is 13.1. The zero-order chi connectivity index (χ0) is 15.3. The molecule has 1 rings (SSSR count). The quantitative estimate of drug-likeness (QED) is 0.488. The molecule has 0 aliphatic heterocycles. The van der Waals surface area contributed by atoms with Crippen LogP contribution in [0.25, 0.3) is 0 Å². The van der Waals surface area contributed by atoms with Gasteiger partial charge in [-0.1, -0.05) is 35.0 Å². The van der Waals surface area contributed by atoms with Crippen LogP contribution in [0.15, 0.2) is 24.3 Å². The minimum Gasteiger partial charge on any atom is -0.497 e. The molecule has 2 unspecified atom stereocenters. The van der Waals surface area contributed by atoms with Crippen LogP contribution < -0.4 is 4.74 Å². The molecule has 6 heteroatoms. The molecule has 0 aromatic heterocycles. The molecule has 1 N–H and O–H groups in total. The summed E-state index contributed by atoms with van der Waals surface area (Å²) in [5.41, 5.74) is 0.277. The van der Waals surface area contributed by atoms with Gasteiger partial charge in [0.15, 0.2) is 0 Å². The van der Waals surface area contributed by atoms with Crippen molar-refractivity contribution in [3.63, 3.8) is 0 Å². The third-order valence-electron chi connectivity index (χ3n) is 2.95. The van der Waals surface area contributed by atoms with Gasteiger partial charge in [-0.3, -0.25) is 0 Å². The summed E-state index contributed by atoms with van der Waals surface area (Å²) < 4.78 is 8.23. The number of carboxylic acids is 1. The number of carbonyl (C=O) groups excluding carboxylic acids is 1. The Labute approximate surface area is 126 Å². The Kier molecular flexibility index (Phi) is 5.56. The number of aliphatic carboxylic acids is 1. The first-order chi connectivity index (χ1) is 9.36. The number of methoxy groups -OCH3 is 1. The predicted octanol–water partition coefficient (Wildman–Crippen LogP) is 2.71. The molecule has 0 bridgehead atoms. The number of halogens is 1. The molecule has 0 saturated heterocycles. The van der Waals surface area contributed by atoms with Gasteiger partial charge in [-0.25, -0.2) is 9.59 Å². The van der Waals surface area contributed by atoms with Crippen molar-refractivity contribution in [2.24, 2.45) is 0 Å². The van der Waals surface area contributed by atoms with E-state index in [2.05, 4.69) is 15.9 Å². The molecule has 0 saturated carbocycles. The molecule has 0 aliphatic rings. The van der Waals surface area contributed by atoms with Crippen molar-refractivity contribution in [2.45, 2.75) is 30.7 Å². The Morgan fingerprint density at radius 1 is 1.35 bits per heavy atom. The van der Waals surface area contributed by atoms with E-state index < -0.39 is 16.3 Å². The van der Waals surface area contributed by atoms with E-state index in [-0.39, 0.29) is 11.7 Å². The lowest BCUT2D eigenvalue weighted by Crippen LogP contribution is -2.40. The van der Waals surface area contributed by atoms with Crippen molar-refractivity contribution in [1.82, 2.24) is 0 Å². The number of esters is 1. The Morgan fingerprint density at radius 2 is 1.90 bits per heavy atom. The minimum atomic E-state index is -1.91. The van der Waals surface area contributed by atoms with Crippen molar-refractivity contribution in [3.05, 3.63) is 29.8 Å². The van der Waals surface area contributed by atoms with Crippen molar-refractivity contribution in [2.75, 3.05) is 7.11 Å². The topological polar surface area (TPSA) is 72.8 Å². The molecule has 0 amide bonds. The highest BCUT2D eigenvalue weighted by Gasteiger charge is 2.47. The van der Waals surface area contributed by atoms with Gasteiger partial charge in [0, 0.05) is 0 Å². The molecule has 2 atom stereocenters. The van der Waals surface area contributed by atoms with Crippen LogP contribution in [0.3, 0.4) is 0 Å². The van der Waals surface area contributed by atoms with Crippen molar-refractivity contribution < 1.29 is 24.2 Å². The molecule has 1 aromatic rings. The van der Waals surface area contributed by atoms with Gasteiger partial charge >= 0.3 is 11.9 Å². The predicted molar refractivity (Wildman–Crippen MR) is 77.1 cm³/mol. The normalized spacial score (nSPS) is 15.0. The van der Waals surface area contributed by atoms with E-state index in [1.54, 1.807) is 19.1 Å². The van der Waals surface area contributed by atoms with Crippen LogP contribution in [-0.2, 0) is 18.7 Å². The van der Waals surface area contributed by atoms with Crippen molar-refractivity contribution in [1.29, 1.82) is 0 Å². The van der Waals surface area contributed by atoms with Crippen LogP contribution >= 0.6 is 15.9 Å². The fourth-order valence-corrected chi connectivity index (χ4v) is 1.85. The fourth-order valence-electron chi connectivity index (χ4n) is 1.50. The Hall–Kier alpha value is -1.56. The lowest BCUT2D eigenvalue weighted by atomic mass is 9.99. The summed E-state index contributed by atoms with van der Waals surface area (Å²) in [4.78, 5) is 23.7. The summed E-state index contributed by atoms with van der Waals surface area (Å²) in [5, 5.41) is 9.39. The third-order valence-corrected chi connectivity index (χ3v) is 4.07. The van der Waals surface area contributed by atoms with Crippen molar-refractivity contribution >= 4 is 27.9 Å². The molecule has 0 fully saturated rings. The number of ether oxygens (including phenoxy) is 2. The van der Waals surface area contributed by atoms with E-state index in [9.17, 15) is 14.7 Å². The van der Waals surface area contributed by atoms with Gasteiger partial charge in [0.2, 0.25) is 4.32 Å². The number of rotatable bonds is 6. The number of hydrogen-bond donors (Lipinski definition) is 1. The number of hydrogen-bond acceptors (Lipinski definition) is 4. The van der Waals surface area contributed by atoms with Gasteiger partial charge in [0.05, 0.1) is 13.2 Å². The standard InChI is InChI=1S/C14H17BrO5/c1-4-9(2)20-13(18)14(15,12(16)17)10-5-7-11(19-3)8-6-10/h5-9H,4H2,1-3H3,(H,16,17). The Balaban J connectivity index is 3.13. The summed E-state index contributed by atoms with van der Waals surface area (Å²) in [7, 11) is 1.50. The second-order valence-corrected chi connectivity index (χ2v) is 5.51. The highest BCUT2D eigenvalue weighted by Crippen LogP contribution is 2.35. The Bertz CT molecular complexity index is 485. The molecule has 110 valence electrons. The summed E-state index contributed by atoms with van der Waals surface area (Å²) in [6, 6.07) is 6.20. The van der Waals surface area contributed by atoms with Gasteiger partial charge in [-0.15, -0.1) is 0 Å². The summed E-state index contributed by atoms with van der Waals surface area (Å²) >= 11 is 3.01. The molecule has 1 aromatic carbocycles. The largest absolute Gasteiger partial charge is 0.497 e. The maximum Gasteiger partial charge on any atom is 0.339 e. The van der Waals surface area contributed by atoms with Crippen LogP contribution in [0.5, 0.6) is 5.75 Å². The second kappa shape index (κ2) is 6.74. The van der Waals surface area contributed by atoms with Gasteiger partial charge in [0.25, 0.3) is 0 Å². The summed E-state index contributed by atoms with van der Waals surface area (Å²) in [5.74, 6) is -1.59. The average Bonchev–Trinajstić information content (AvgIpc) is 2.45. The smallest absolute Gasteiger partial charge is 0.339 e. The number of benzene rings is 1. The molecular formula is C14H17BrO5.